The van der Waals surface area contributed by atoms with Gasteiger partial charge in [-0.1, -0.05) is 60.7 Å². The summed E-state index contributed by atoms with van der Waals surface area (Å²) in [5.41, 5.74) is 1.98. The molecule has 0 aromatic heterocycles. The van der Waals surface area contributed by atoms with E-state index in [9.17, 15) is 9.59 Å². The van der Waals surface area contributed by atoms with Gasteiger partial charge in [0.2, 0.25) is 5.91 Å². The van der Waals surface area contributed by atoms with E-state index in [0.717, 1.165) is 44.0 Å². The number of likely N-dealkylation sites (tertiary alicyclic amines) is 2. The van der Waals surface area contributed by atoms with Crippen molar-refractivity contribution >= 4 is 12.0 Å². The summed E-state index contributed by atoms with van der Waals surface area (Å²) in [5.74, 6) is 0.796. The normalized spacial score (nSPS) is 18.9. The SMILES string of the molecule is CC(C)(C)OC(=O)N1CCC[C@H]1C(=O)N(CCCN1CCC(Cc2ccccc2)CC1)Cc1ccccc1. The molecular weight excluding hydrogens is 474 g/mol. The first kappa shape index (κ1) is 28.2. The van der Waals surface area contributed by atoms with Crippen molar-refractivity contribution < 1.29 is 14.3 Å². The summed E-state index contributed by atoms with van der Waals surface area (Å²) in [6.07, 6.45) is 5.70. The van der Waals surface area contributed by atoms with Gasteiger partial charge >= 0.3 is 6.09 Å². The van der Waals surface area contributed by atoms with Crippen molar-refractivity contribution in [2.75, 3.05) is 32.7 Å². The number of amides is 2. The van der Waals surface area contributed by atoms with Crippen LogP contribution in [-0.4, -0.2) is 71.1 Å². The maximum Gasteiger partial charge on any atom is 0.410 e. The van der Waals surface area contributed by atoms with Gasteiger partial charge in [0.15, 0.2) is 0 Å². The Kier molecular flexibility index (Phi) is 9.84. The lowest BCUT2D eigenvalue weighted by Crippen LogP contribution is -2.49. The van der Waals surface area contributed by atoms with Crippen LogP contribution in [0.25, 0.3) is 0 Å². The van der Waals surface area contributed by atoms with Crippen LogP contribution in [0, 0.1) is 5.92 Å². The fourth-order valence-electron chi connectivity index (χ4n) is 5.69. The van der Waals surface area contributed by atoms with Gasteiger partial charge in [0, 0.05) is 19.6 Å². The summed E-state index contributed by atoms with van der Waals surface area (Å²) in [6.45, 7) is 10.7. The third kappa shape index (κ3) is 8.32. The second-order valence-electron chi connectivity index (χ2n) is 11.9. The highest BCUT2D eigenvalue weighted by Gasteiger charge is 2.38. The Morgan fingerprint density at radius 1 is 0.895 bits per heavy atom. The van der Waals surface area contributed by atoms with E-state index in [1.807, 2.05) is 43.9 Å². The zero-order chi connectivity index (χ0) is 27.0. The molecule has 0 aliphatic carbocycles. The molecule has 6 nitrogen and oxygen atoms in total. The fourth-order valence-corrected chi connectivity index (χ4v) is 5.69. The van der Waals surface area contributed by atoms with E-state index in [1.165, 1.54) is 24.8 Å². The summed E-state index contributed by atoms with van der Waals surface area (Å²) in [7, 11) is 0. The quantitative estimate of drug-likeness (QED) is 0.423. The number of ether oxygens (including phenoxy) is 1. The highest BCUT2D eigenvalue weighted by molar-refractivity contribution is 5.86. The molecule has 2 aromatic carbocycles. The number of benzene rings is 2. The number of hydrogen-bond donors (Lipinski definition) is 0. The summed E-state index contributed by atoms with van der Waals surface area (Å²) < 4.78 is 5.62. The number of rotatable bonds is 9. The zero-order valence-corrected chi connectivity index (χ0v) is 23.5. The number of nitrogens with zero attached hydrogens (tertiary/aromatic N) is 3. The Morgan fingerprint density at radius 2 is 1.53 bits per heavy atom. The predicted molar refractivity (Wildman–Crippen MR) is 152 cm³/mol. The molecule has 4 rings (SSSR count). The van der Waals surface area contributed by atoms with Crippen LogP contribution in [0.5, 0.6) is 0 Å². The van der Waals surface area contributed by atoms with Crippen LogP contribution in [0.4, 0.5) is 4.79 Å². The van der Waals surface area contributed by atoms with Gasteiger partial charge in [-0.25, -0.2) is 4.79 Å². The lowest BCUT2D eigenvalue weighted by atomic mass is 9.90. The fraction of sp³-hybridized carbons (Fsp3) is 0.562. The van der Waals surface area contributed by atoms with Crippen LogP contribution in [-0.2, 0) is 22.5 Å². The molecule has 2 saturated heterocycles. The van der Waals surface area contributed by atoms with Gasteiger partial charge in [0.25, 0.3) is 0 Å². The molecule has 2 aliphatic rings. The Bertz CT molecular complexity index is 1010. The van der Waals surface area contributed by atoms with Crippen molar-refractivity contribution in [3.8, 4) is 0 Å². The standard InChI is InChI=1S/C32H45N3O3/c1-32(2,3)38-31(37)35-21-10-16-29(35)30(36)34(25-28-14-8-5-9-15-28)20-11-19-33-22-17-27(18-23-33)24-26-12-6-4-7-13-26/h4-9,12-15,27,29H,10-11,16-25H2,1-3H3/t29-/m0/s1. The first-order chi connectivity index (χ1) is 18.3. The second kappa shape index (κ2) is 13.3. The van der Waals surface area contributed by atoms with Gasteiger partial charge in [-0.3, -0.25) is 9.69 Å². The number of carbonyl (C=O) groups excluding carboxylic acids is 2. The van der Waals surface area contributed by atoms with Gasteiger partial charge < -0.3 is 14.5 Å². The summed E-state index contributed by atoms with van der Waals surface area (Å²) in [5, 5.41) is 0. The average molecular weight is 520 g/mol. The predicted octanol–water partition coefficient (Wildman–Crippen LogP) is 5.76. The van der Waals surface area contributed by atoms with Gasteiger partial charge in [-0.2, -0.15) is 0 Å². The van der Waals surface area contributed by atoms with E-state index in [4.69, 9.17) is 4.74 Å². The molecule has 2 fully saturated rings. The van der Waals surface area contributed by atoms with E-state index in [2.05, 4.69) is 47.4 Å². The van der Waals surface area contributed by atoms with Crippen LogP contribution in [0.1, 0.15) is 64.0 Å². The van der Waals surface area contributed by atoms with Gasteiger partial charge in [-0.05, 0) is 96.0 Å². The molecular formula is C32H45N3O3. The lowest BCUT2D eigenvalue weighted by molar-refractivity contribution is -0.136. The minimum Gasteiger partial charge on any atom is -0.444 e. The lowest BCUT2D eigenvalue weighted by Gasteiger charge is -2.34. The number of hydrogen-bond acceptors (Lipinski definition) is 4. The number of carbonyl (C=O) groups is 2. The molecule has 1 atom stereocenters. The largest absolute Gasteiger partial charge is 0.444 e. The van der Waals surface area contributed by atoms with Crippen LogP contribution in [0.3, 0.4) is 0 Å². The van der Waals surface area contributed by atoms with E-state index in [-0.39, 0.29) is 12.0 Å². The molecule has 0 N–H and O–H groups in total. The van der Waals surface area contributed by atoms with E-state index >= 15 is 0 Å². The first-order valence-corrected chi connectivity index (χ1v) is 14.4. The molecule has 38 heavy (non-hydrogen) atoms. The molecule has 2 amide bonds. The van der Waals surface area contributed by atoms with Crippen LogP contribution >= 0.6 is 0 Å². The molecule has 0 bridgehead atoms. The molecule has 2 aliphatic heterocycles. The van der Waals surface area contributed by atoms with Gasteiger partial charge in [-0.15, -0.1) is 0 Å². The average Bonchev–Trinajstić information content (AvgIpc) is 3.39. The van der Waals surface area contributed by atoms with Crippen LogP contribution < -0.4 is 0 Å². The molecule has 6 heteroatoms. The third-order valence-corrected chi connectivity index (χ3v) is 7.67. The zero-order valence-electron chi connectivity index (χ0n) is 23.5. The van der Waals surface area contributed by atoms with Crippen molar-refractivity contribution in [1.82, 2.24) is 14.7 Å². The Balaban J connectivity index is 1.31. The third-order valence-electron chi connectivity index (χ3n) is 7.67. The van der Waals surface area contributed by atoms with Crippen molar-refractivity contribution in [1.29, 1.82) is 0 Å². The Morgan fingerprint density at radius 3 is 2.16 bits per heavy atom. The van der Waals surface area contributed by atoms with E-state index in [1.54, 1.807) is 4.90 Å². The van der Waals surface area contributed by atoms with Gasteiger partial charge in [0.1, 0.15) is 11.6 Å². The minimum absolute atomic E-state index is 0.0405. The smallest absolute Gasteiger partial charge is 0.410 e. The minimum atomic E-state index is -0.578. The molecule has 2 aromatic rings. The second-order valence-corrected chi connectivity index (χ2v) is 11.9. The maximum absolute atomic E-state index is 13.8. The molecule has 0 spiro atoms. The molecule has 0 saturated carbocycles. The van der Waals surface area contributed by atoms with E-state index < -0.39 is 11.6 Å². The summed E-state index contributed by atoms with van der Waals surface area (Å²) in [6, 6.07) is 20.5. The van der Waals surface area contributed by atoms with Crippen LogP contribution in [0.2, 0.25) is 0 Å². The van der Waals surface area contributed by atoms with Crippen molar-refractivity contribution in [3.05, 3.63) is 71.8 Å². The first-order valence-electron chi connectivity index (χ1n) is 14.4. The van der Waals surface area contributed by atoms with E-state index in [0.29, 0.717) is 26.1 Å². The molecule has 206 valence electrons. The molecule has 0 unspecified atom stereocenters. The van der Waals surface area contributed by atoms with Crippen molar-refractivity contribution in [2.24, 2.45) is 5.92 Å². The molecule has 2 heterocycles. The Hall–Kier alpha value is -2.86. The topological polar surface area (TPSA) is 53.1 Å². The Labute approximate surface area is 228 Å². The van der Waals surface area contributed by atoms with Gasteiger partial charge in [0.05, 0.1) is 0 Å². The van der Waals surface area contributed by atoms with Crippen LogP contribution in [0.15, 0.2) is 60.7 Å². The number of piperidine rings is 1. The highest BCUT2D eigenvalue weighted by atomic mass is 16.6. The van der Waals surface area contributed by atoms with Crippen molar-refractivity contribution in [2.45, 2.75) is 77.5 Å². The summed E-state index contributed by atoms with van der Waals surface area (Å²) in [4.78, 5) is 32.8. The van der Waals surface area contributed by atoms with Crippen molar-refractivity contribution in [3.63, 3.8) is 0 Å². The maximum atomic E-state index is 13.8. The highest BCUT2D eigenvalue weighted by Crippen LogP contribution is 2.24. The molecule has 0 radical (unpaired) electrons. The summed E-state index contributed by atoms with van der Waals surface area (Å²) >= 11 is 0. The monoisotopic (exact) mass is 519 g/mol.